The van der Waals surface area contributed by atoms with Gasteiger partial charge in [0.1, 0.15) is 16.4 Å². The van der Waals surface area contributed by atoms with Crippen LogP contribution in [0.2, 0.25) is 15.1 Å². The predicted octanol–water partition coefficient (Wildman–Crippen LogP) is 4.43. The number of carbonyl (C=O) groups is 2. The number of pyridine rings is 1. The van der Waals surface area contributed by atoms with Crippen molar-refractivity contribution in [3.8, 4) is 11.9 Å². The maximum absolute atomic E-state index is 13.3. The van der Waals surface area contributed by atoms with E-state index >= 15 is 0 Å². The predicted molar refractivity (Wildman–Crippen MR) is 154 cm³/mol. The molecule has 3 rings (SSSR count). The van der Waals surface area contributed by atoms with E-state index in [0.29, 0.717) is 29.6 Å². The quantitative estimate of drug-likeness (QED) is 0.120. The minimum Gasteiger partial charge on any atom is -0.494 e. The van der Waals surface area contributed by atoms with Crippen LogP contribution in [0.3, 0.4) is 0 Å². The summed E-state index contributed by atoms with van der Waals surface area (Å²) >= 11 is 19.7. The number of hydrogen-bond donors (Lipinski definition) is 4. The van der Waals surface area contributed by atoms with Crippen molar-refractivity contribution in [1.29, 1.82) is 5.26 Å². The molecule has 1 aromatic carbocycles. The normalized spacial score (nSPS) is 10.9. The van der Waals surface area contributed by atoms with Crippen molar-refractivity contribution >= 4 is 75.4 Å². The molecule has 3 aromatic rings. The highest BCUT2D eigenvalue weighted by molar-refractivity contribution is 7.13. The summed E-state index contributed by atoms with van der Waals surface area (Å²) in [5, 5.41) is 20.2. The van der Waals surface area contributed by atoms with Gasteiger partial charge in [-0.1, -0.05) is 34.8 Å². The second kappa shape index (κ2) is 14.0. The van der Waals surface area contributed by atoms with Crippen LogP contribution < -0.4 is 26.4 Å². The lowest BCUT2D eigenvalue weighted by Crippen LogP contribution is -2.36. The Kier molecular flexibility index (Phi) is 10.7. The van der Waals surface area contributed by atoms with Gasteiger partial charge >= 0.3 is 0 Å². The van der Waals surface area contributed by atoms with Crippen molar-refractivity contribution in [1.82, 2.24) is 15.2 Å². The smallest absolute Gasteiger partial charge is 0.267 e. The number of hydrogen-bond acceptors (Lipinski definition) is 8. The number of halogens is 3. The van der Waals surface area contributed by atoms with Crippen molar-refractivity contribution in [2.75, 3.05) is 37.9 Å². The summed E-state index contributed by atoms with van der Waals surface area (Å²) in [6.07, 6.45) is 3.42. The Labute approximate surface area is 243 Å². The van der Waals surface area contributed by atoms with E-state index in [2.05, 4.69) is 25.9 Å². The Morgan fingerprint density at radius 3 is 2.59 bits per heavy atom. The molecule has 0 aliphatic rings. The van der Waals surface area contributed by atoms with E-state index in [1.165, 1.54) is 36.4 Å². The number of nitrogens with two attached hydrogens (primary N) is 1. The molecule has 11 nitrogen and oxygen atoms in total. The number of nitriles is 1. The number of ether oxygens (including phenoxy) is 1. The van der Waals surface area contributed by atoms with Gasteiger partial charge in [0.05, 0.1) is 41.5 Å². The van der Waals surface area contributed by atoms with E-state index < -0.39 is 11.8 Å². The van der Waals surface area contributed by atoms with E-state index in [0.717, 1.165) is 11.3 Å². The van der Waals surface area contributed by atoms with Crippen LogP contribution in [0, 0.1) is 11.5 Å². The van der Waals surface area contributed by atoms with Crippen molar-refractivity contribution in [2.24, 2.45) is 10.7 Å². The number of nitrogens with zero attached hydrogens (tertiary/aromatic N) is 4. The molecule has 2 heterocycles. The second-order valence-electron chi connectivity index (χ2n) is 7.63. The molecule has 0 saturated carbocycles. The number of rotatable bonds is 9. The Balaban J connectivity index is 1.88. The zero-order valence-electron chi connectivity index (χ0n) is 20.7. The summed E-state index contributed by atoms with van der Waals surface area (Å²) in [6, 6.07) is 5.94. The van der Waals surface area contributed by atoms with Gasteiger partial charge in [0, 0.05) is 36.4 Å². The molecule has 0 atom stereocenters. The number of anilines is 2. The van der Waals surface area contributed by atoms with Crippen LogP contribution >= 0.6 is 46.1 Å². The largest absolute Gasteiger partial charge is 0.494 e. The lowest BCUT2D eigenvalue weighted by Gasteiger charge is -2.17. The van der Waals surface area contributed by atoms with E-state index in [9.17, 15) is 14.9 Å². The van der Waals surface area contributed by atoms with Crippen molar-refractivity contribution in [3.63, 3.8) is 0 Å². The molecule has 0 aliphatic carbocycles. The number of carbonyl (C=O) groups excluding carboxylic acids is 2. The number of aromatic nitrogens is 1. The van der Waals surface area contributed by atoms with Crippen LogP contribution in [-0.4, -0.2) is 54.9 Å². The Hall–Kier alpha value is -3.60. The van der Waals surface area contributed by atoms with E-state index in [-0.39, 0.29) is 44.3 Å². The van der Waals surface area contributed by atoms with Gasteiger partial charge in [-0.2, -0.15) is 5.26 Å². The number of guanidine groups is 1. The summed E-state index contributed by atoms with van der Waals surface area (Å²) < 4.78 is 5.38. The number of thiophene rings is 1. The monoisotopic (exact) mass is 608 g/mol. The van der Waals surface area contributed by atoms with Crippen LogP contribution in [0.1, 0.15) is 25.6 Å². The number of aliphatic imine (C=N–C) groups is 1. The van der Waals surface area contributed by atoms with Gasteiger partial charge in [0.15, 0.2) is 6.19 Å². The van der Waals surface area contributed by atoms with Gasteiger partial charge in [0.25, 0.3) is 11.8 Å². The summed E-state index contributed by atoms with van der Waals surface area (Å²) in [4.78, 5) is 36.2. The van der Waals surface area contributed by atoms with Gasteiger partial charge in [-0.25, -0.2) is 9.88 Å². The molecular weight excluding hydrogens is 587 g/mol. The molecule has 0 spiro atoms. The third kappa shape index (κ3) is 7.50. The standard InChI is InChI=1S/C24H23Cl3N8O3S/c1-30-24(31-6-5-28)35(12-29)10-13-11-39-21(19(13)27)23(37)34-20-16(7-15(26)8-17(20)38-2)22(36)33-18-4-3-14(25)9-32-18/h3-4,7-9,11H,5-6,10,28H2,1-2H3,(H,30,31)(H,34,37)(H,32,33,36). The first-order valence-corrected chi connectivity index (χ1v) is 13.2. The van der Waals surface area contributed by atoms with Gasteiger partial charge in [0.2, 0.25) is 5.96 Å². The molecule has 2 aromatic heterocycles. The van der Waals surface area contributed by atoms with E-state index in [4.69, 9.17) is 45.3 Å². The van der Waals surface area contributed by atoms with Crippen LogP contribution in [0.25, 0.3) is 0 Å². The van der Waals surface area contributed by atoms with Gasteiger partial charge < -0.3 is 26.4 Å². The fourth-order valence-electron chi connectivity index (χ4n) is 3.29. The first kappa shape index (κ1) is 29.9. The zero-order chi connectivity index (χ0) is 28.5. The lowest BCUT2D eigenvalue weighted by atomic mass is 10.1. The first-order chi connectivity index (χ1) is 18.7. The Bertz CT molecular complexity index is 1420. The zero-order valence-corrected chi connectivity index (χ0v) is 23.8. The topological polar surface area (TPSA) is 158 Å². The van der Waals surface area contributed by atoms with E-state index in [1.54, 1.807) is 18.5 Å². The molecule has 0 bridgehead atoms. The molecule has 0 fully saturated rings. The van der Waals surface area contributed by atoms with Crippen LogP contribution in [-0.2, 0) is 6.54 Å². The van der Waals surface area contributed by atoms with Crippen molar-refractivity contribution in [2.45, 2.75) is 6.54 Å². The summed E-state index contributed by atoms with van der Waals surface area (Å²) in [5.74, 6) is -0.481. The minimum absolute atomic E-state index is 0.0304. The number of amides is 2. The SMILES string of the molecule is CN/C(=N/CCN)N(C#N)Cc1csc(C(=O)Nc2c(OC)cc(Cl)cc2C(=O)Nc2ccc(Cl)cn2)c1Cl. The molecule has 5 N–H and O–H groups in total. The highest BCUT2D eigenvalue weighted by Gasteiger charge is 2.24. The molecule has 204 valence electrons. The highest BCUT2D eigenvalue weighted by Crippen LogP contribution is 2.35. The van der Waals surface area contributed by atoms with Crippen LogP contribution in [0.5, 0.6) is 5.75 Å². The van der Waals surface area contributed by atoms with Gasteiger partial charge in [-0.15, -0.1) is 11.3 Å². The molecule has 15 heteroatoms. The molecule has 0 radical (unpaired) electrons. The van der Waals surface area contributed by atoms with Crippen LogP contribution in [0.15, 0.2) is 40.8 Å². The molecule has 39 heavy (non-hydrogen) atoms. The minimum atomic E-state index is -0.597. The molecule has 2 amide bonds. The number of methoxy groups -OCH3 is 1. The number of benzene rings is 1. The highest BCUT2D eigenvalue weighted by atomic mass is 35.5. The number of nitrogens with one attached hydrogen (secondary N) is 3. The average molecular weight is 610 g/mol. The fraction of sp³-hybridized carbons (Fsp3) is 0.208. The third-order valence-corrected chi connectivity index (χ3v) is 7.08. The Morgan fingerprint density at radius 2 is 1.97 bits per heavy atom. The van der Waals surface area contributed by atoms with Crippen molar-refractivity contribution < 1.29 is 14.3 Å². The fourth-order valence-corrected chi connectivity index (χ4v) is 4.86. The average Bonchev–Trinajstić information content (AvgIpc) is 3.29. The van der Waals surface area contributed by atoms with Crippen LogP contribution in [0.4, 0.5) is 11.5 Å². The Morgan fingerprint density at radius 1 is 1.21 bits per heavy atom. The summed E-state index contributed by atoms with van der Waals surface area (Å²) in [5.41, 5.74) is 6.14. The first-order valence-electron chi connectivity index (χ1n) is 11.2. The molecule has 0 aliphatic heterocycles. The third-order valence-electron chi connectivity index (χ3n) is 5.06. The molecular formula is C24H23Cl3N8O3S. The van der Waals surface area contributed by atoms with Gasteiger partial charge in [-0.05, 0) is 23.6 Å². The molecule has 0 unspecified atom stereocenters. The maximum Gasteiger partial charge on any atom is 0.267 e. The van der Waals surface area contributed by atoms with E-state index in [1.807, 2.05) is 6.19 Å². The summed E-state index contributed by atoms with van der Waals surface area (Å²) in [6.45, 7) is 0.708. The summed E-state index contributed by atoms with van der Waals surface area (Å²) in [7, 11) is 3.01. The maximum atomic E-state index is 13.3. The van der Waals surface area contributed by atoms with Crippen molar-refractivity contribution in [3.05, 3.63) is 66.9 Å². The second-order valence-corrected chi connectivity index (χ2v) is 9.77. The lowest BCUT2D eigenvalue weighted by molar-refractivity contribution is 0.102. The van der Waals surface area contributed by atoms with Gasteiger partial charge in [-0.3, -0.25) is 14.6 Å². The molecule has 0 saturated heterocycles.